The van der Waals surface area contributed by atoms with Gasteiger partial charge in [0.1, 0.15) is 16.5 Å². The highest BCUT2D eigenvalue weighted by Gasteiger charge is 2.09. The first-order chi connectivity index (χ1) is 5.77. The van der Waals surface area contributed by atoms with Crippen LogP contribution in [0.4, 0.5) is 11.8 Å². The van der Waals surface area contributed by atoms with Crippen LogP contribution in [0.1, 0.15) is 0 Å². The second-order valence-electron chi connectivity index (χ2n) is 2.22. The maximum absolute atomic E-state index is 5.60. The Morgan fingerprint density at radius 1 is 1.42 bits per heavy atom. The number of hydrogen-bond donors (Lipinski definition) is 3. The summed E-state index contributed by atoms with van der Waals surface area (Å²) < 4.78 is 0. The summed E-state index contributed by atoms with van der Waals surface area (Å²) in [6.45, 7) is 0. The molecule has 62 valence electrons. The van der Waals surface area contributed by atoms with Gasteiger partial charge in [-0.1, -0.05) is 0 Å². The molecule has 0 spiro atoms. The number of nitrogens with one attached hydrogen (secondary N) is 1. The zero-order valence-corrected chi connectivity index (χ0v) is 6.93. The van der Waals surface area contributed by atoms with Crippen molar-refractivity contribution in [3.05, 3.63) is 11.6 Å². The molecule has 5 nitrogen and oxygen atoms in total. The average Bonchev–Trinajstić information content (AvgIpc) is 2.58. The molecule has 5 N–H and O–H groups in total. The number of imidazole rings is 1. The van der Waals surface area contributed by atoms with Gasteiger partial charge in [-0.3, -0.25) is 0 Å². The van der Waals surface area contributed by atoms with E-state index < -0.39 is 0 Å². The van der Waals surface area contributed by atoms with E-state index in [-0.39, 0.29) is 0 Å². The molecule has 2 aromatic heterocycles. The third-order valence-corrected chi connectivity index (χ3v) is 2.16. The summed E-state index contributed by atoms with van der Waals surface area (Å²) >= 11 is 1.47. The third-order valence-electron chi connectivity index (χ3n) is 1.39. The van der Waals surface area contributed by atoms with E-state index in [2.05, 4.69) is 15.0 Å². The van der Waals surface area contributed by atoms with Gasteiger partial charge in [-0.15, -0.1) is 11.3 Å². The van der Waals surface area contributed by atoms with Crippen LogP contribution in [0, 0.1) is 0 Å². The number of hydrogen-bond acceptors (Lipinski definition) is 5. The molecule has 0 saturated carbocycles. The van der Waals surface area contributed by atoms with Crippen molar-refractivity contribution in [1.29, 1.82) is 0 Å². The van der Waals surface area contributed by atoms with Gasteiger partial charge in [-0.25, -0.2) is 9.97 Å². The van der Waals surface area contributed by atoms with E-state index in [1.807, 2.05) is 5.38 Å². The number of nitrogens with zero attached hydrogens (tertiary/aromatic N) is 2. The van der Waals surface area contributed by atoms with Gasteiger partial charge in [-0.05, 0) is 0 Å². The topological polar surface area (TPSA) is 93.6 Å². The van der Waals surface area contributed by atoms with Crippen molar-refractivity contribution in [3.8, 4) is 10.7 Å². The maximum Gasteiger partial charge on any atom is 0.199 e. The Labute approximate surface area is 72.5 Å². The molecular formula is C6H7N5S. The van der Waals surface area contributed by atoms with Crippen molar-refractivity contribution >= 4 is 23.1 Å². The molecule has 0 saturated heterocycles. The van der Waals surface area contributed by atoms with Crippen molar-refractivity contribution in [1.82, 2.24) is 15.0 Å². The first-order valence-electron chi connectivity index (χ1n) is 3.28. The molecule has 0 atom stereocenters. The minimum Gasteiger partial charge on any atom is -0.383 e. The van der Waals surface area contributed by atoms with Crippen LogP contribution in [0.3, 0.4) is 0 Å². The lowest BCUT2D eigenvalue weighted by Gasteiger charge is -1.88. The van der Waals surface area contributed by atoms with Gasteiger partial charge in [0, 0.05) is 11.6 Å². The van der Waals surface area contributed by atoms with Gasteiger partial charge < -0.3 is 16.5 Å². The molecule has 0 aliphatic heterocycles. The van der Waals surface area contributed by atoms with Crippen LogP contribution in [-0.4, -0.2) is 15.0 Å². The average molecular weight is 181 g/mol. The van der Waals surface area contributed by atoms with Crippen molar-refractivity contribution < 1.29 is 0 Å². The fourth-order valence-electron chi connectivity index (χ4n) is 0.909. The minimum absolute atomic E-state index is 0.317. The summed E-state index contributed by atoms with van der Waals surface area (Å²) in [7, 11) is 0. The summed E-state index contributed by atoms with van der Waals surface area (Å²) in [6.07, 6.45) is 1.70. The Morgan fingerprint density at radius 3 is 2.75 bits per heavy atom. The fraction of sp³-hybridized carbons (Fsp3) is 0. The lowest BCUT2D eigenvalue weighted by molar-refractivity contribution is 1.31. The second-order valence-corrected chi connectivity index (χ2v) is 3.12. The Balaban J connectivity index is 2.54. The first kappa shape index (κ1) is 7.11. The van der Waals surface area contributed by atoms with Crippen LogP contribution in [0.2, 0.25) is 0 Å². The summed E-state index contributed by atoms with van der Waals surface area (Å²) in [5, 5.41) is 2.64. The van der Waals surface area contributed by atoms with Gasteiger partial charge in [0.2, 0.25) is 0 Å². The smallest absolute Gasteiger partial charge is 0.199 e. The molecule has 0 aliphatic carbocycles. The zero-order chi connectivity index (χ0) is 8.55. The van der Waals surface area contributed by atoms with Crippen molar-refractivity contribution in [2.75, 3.05) is 11.5 Å². The van der Waals surface area contributed by atoms with E-state index in [4.69, 9.17) is 11.5 Å². The van der Waals surface area contributed by atoms with Crippen LogP contribution >= 0.6 is 11.3 Å². The number of aromatic nitrogens is 3. The van der Waals surface area contributed by atoms with Gasteiger partial charge in [0.05, 0.1) is 0 Å². The lowest BCUT2D eigenvalue weighted by atomic mass is 10.5. The molecule has 2 rings (SSSR count). The Morgan fingerprint density at radius 2 is 2.25 bits per heavy atom. The summed E-state index contributed by atoms with van der Waals surface area (Å²) in [4.78, 5) is 10.8. The largest absolute Gasteiger partial charge is 0.383 e. The van der Waals surface area contributed by atoms with Crippen LogP contribution in [0.25, 0.3) is 10.7 Å². The lowest BCUT2D eigenvalue weighted by Crippen LogP contribution is -1.87. The van der Waals surface area contributed by atoms with Crippen molar-refractivity contribution in [3.63, 3.8) is 0 Å². The maximum atomic E-state index is 5.60. The molecule has 0 fully saturated rings. The Kier molecular flexibility index (Phi) is 1.47. The standard InChI is InChI=1S/C6H7N5S/c7-4-3(10-6(8)11-4)5-9-1-2-12-5/h1-2H,7H2,(H3,8,10,11). The minimum atomic E-state index is 0.317. The van der Waals surface area contributed by atoms with E-state index in [0.717, 1.165) is 5.01 Å². The second kappa shape index (κ2) is 2.49. The van der Waals surface area contributed by atoms with Gasteiger partial charge in [0.25, 0.3) is 0 Å². The SMILES string of the molecule is Nc1nc(-c2nccs2)c(N)[nH]1. The van der Waals surface area contributed by atoms with E-state index in [9.17, 15) is 0 Å². The third kappa shape index (κ3) is 1.02. The van der Waals surface area contributed by atoms with Crippen LogP contribution in [-0.2, 0) is 0 Å². The normalized spacial score (nSPS) is 10.3. The highest BCUT2D eigenvalue weighted by atomic mass is 32.1. The highest BCUT2D eigenvalue weighted by Crippen LogP contribution is 2.25. The molecule has 2 heterocycles. The summed E-state index contributed by atoms with van der Waals surface area (Å²) in [5.74, 6) is 0.778. The molecule has 0 bridgehead atoms. The van der Waals surface area contributed by atoms with Crippen LogP contribution in [0.15, 0.2) is 11.6 Å². The molecule has 0 unspecified atom stereocenters. The molecule has 12 heavy (non-hydrogen) atoms. The number of aromatic amines is 1. The summed E-state index contributed by atoms with van der Waals surface area (Å²) in [6, 6.07) is 0. The van der Waals surface area contributed by atoms with Crippen molar-refractivity contribution in [2.45, 2.75) is 0 Å². The molecule has 6 heteroatoms. The predicted octanol–water partition coefficient (Wildman–Crippen LogP) is 0.698. The Bertz CT molecular complexity index is 377. The van der Waals surface area contributed by atoms with Gasteiger partial charge in [0.15, 0.2) is 5.95 Å². The zero-order valence-electron chi connectivity index (χ0n) is 6.11. The molecule has 0 amide bonds. The van der Waals surface area contributed by atoms with Crippen molar-refractivity contribution in [2.24, 2.45) is 0 Å². The molecule has 0 radical (unpaired) electrons. The number of nitrogen functional groups attached to an aromatic ring is 2. The molecular weight excluding hydrogens is 174 g/mol. The van der Waals surface area contributed by atoms with Gasteiger partial charge >= 0.3 is 0 Å². The predicted molar refractivity (Wildman–Crippen MR) is 48.5 cm³/mol. The van der Waals surface area contributed by atoms with E-state index >= 15 is 0 Å². The van der Waals surface area contributed by atoms with Crippen LogP contribution in [0.5, 0.6) is 0 Å². The summed E-state index contributed by atoms with van der Waals surface area (Å²) in [5.41, 5.74) is 11.6. The molecule has 0 aliphatic rings. The van der Waals surface area contributed by atoms with E-state index in [1.165, 1.54) is 11.3 Å². The number of anilines is 2. The monoisotopic (exact) mass is 181 g/mol. The van der Waals surface area contributed by atoms with E-state index in [0.29, 0.717) is 17.5 Å². The highest BCUT2D eigenvalue weighted by molar-refractivity contribution is 7.13. The van der Waals surface area contributed by atoms with E-state index in [1.54, 1.807) is 6.20 Å². The number of H-pyrrole nitrogens is 1. The molecule has 0 aromatic carbocycles. The fourth-order valence-corrected chi connectivity index (χ4v) is 1.55. The van der Waals surface area contributed by atoms with Gasteiger partial charge in [-0.2, -0.15) is 0 Å². The quantitative estimate of drug-likeness (QED) is 0.603. The first-order valence-corrected chi connectivity index (χ1v) is 4.16. The number of rotatable bonds is 1. The number of thiazole rings is 1. The number of nitrogens with two attached hydrogens (primary N) is 2. The van der Waals surface area contributed by atoms with Crippen LogP contribution < -0.4 is 11.5 Å². The Hall–Kier alpha value is -1.56. The molecule has 2 aromatic rings.